The normalized spacial score (nSPS) is 10.3. The van der Waals surface area contributed by atoms with Crippen LogP contribution in [0.2, 0.25) is 0 Å². The van der Waals surface area contributed by atoms with Crippen molar-refractivity contribution < 1.29 is 18.3 Å². The molecule has 0 aliphatic carbocycles. The molecule has 0 saturated carbocycles. The summed E-state index contributed by atoms with van der Waals surface area (Å²) in [5.41, 5.74) is 4.60. The summed E-state index contributed by atoms with van der Waals surface area (Å²) in [4.78, 5) is 13.7. The number of halogens is 2. The second kappa shape index (κ2) is 3.99. The summed E-state index contributed by atoms with van der Waals surface area (Å²) in [6.45, 7) is 0. The quantitative estimate of drug-likeness (QED) is 0.753. The molecule has 0 saturated heterocycles. The number of hydrogen-bond donors (Lipinski definition) is 1. The van der Waals surface area contributed by atoms with Gasteiger partial charge in [-0.05, 0) is 6.07 Å². The summed E-state index contributed by atoms with van der Waals surface area (Å²) < 4.78 is 29.4. The topological polar surface area (TPSA) is 65.2 Å². The number of nitrogen functional groups attached to an aromatic ring is 1. The number of ether oxygens (including phenoxy) is 1. The molecule has 1 aromatic rings. The molecule has 1 heterocycles. The lowest BCUT2D eigenvalue weighted by Gasteiger charge is -2.09. The standard InChI is InChI=1S/C8H8F2N2O2/c1-14-7-5(11)2-4(3-13)12-6(7)8(9)10/h2-3,8H,1H3,(H2,11,12). The van der Waals surface area contributed by atoms with Crippen LogP contribution in [0, 0.1) is 0 Å². The molecule has 0 radical (unpaired) electrons. The van der Waals surface area contributed by atoms with Gasteiger partial charge in [0, 0.05) is 0 Å². The predicted molar refractivity (Wildman–Crippen MR) is 45.5 cm³/mol. The van der Waals surface area contributed by atoms with Crippen molar-refractivity contribution >= 4 is 12.0 Å². The average Bonchev–Trinajstić information content (AvgIpc) is 2.16. The van der Waals surface area contributed by atoms with Gasteiger partial charge < -0.3 is 10.5 Å². The Morgan fingerprint density at radius 3 is 2.71 bits per heavy atom. The fourth-order valence-corrected chi connectivity index (χ4v) is 1.03. The van der Waals surface area contributed by atoms with Crippen molar-refractivity contribution in [2.75, 3.05) is 12.8 Å². The Kier molecular flexibility index (Phi) is 2.95. The van der Waals surface area contributed by atoms with E-state index < -0.39 is 12.1 Å². The number of nitrogens with zero attached hydrogens (tertiary/aromatic N) is 1. The summed E-state index contributed by atoms with van der Waals surface area (Å²) in [6, 6.07) is 1.18. The van der Waals surface area contributed by atoms with Crippen LogP contribution in [-0.2, 0) is 0 Å². The van der Waals surface area contributed by atoms with Gasteiger partial charge in [0.15, 0.2) is 17.7 Å². The van der Waals surface area contributed by atoms with E-state index in [2.05, 4.69) is 9.72 Å². The molecule has 0 aliphatic rings. The minimum absolute atomic E-state index is 0.0279. The molecule has 14 heavy (non-hydrogen) atoms. The second-order valence-electron chi connectivity index (χ2n) is 2.47. The first kappa shape index (κ1) is 10.4. The molecule has 0 fully saturated rings. The maximum Gasteiger partial charge on any atom is 0.284 e. The van der Waals surface area contributed by atoms with Crippen molar-refractivity contribution in [3.63, 3.8) is 0 Å². The Morgan fingerprint density at radius 1 is 1.64 bits per heavy atom. The van der Waals surface area contributed by atoms with Gasteiger partial charge in [0.05, 0.1) is 12.8 Å². The number of methoxy groups -OCH3 is 1. The van der Waals surface area contributed by atoms with Gasteiger partial charge in [-0.3, -0.25) is 4.79 Å². The van der Waals surface area contributed by atoms with E-state index in [1.165, 1.54) is 13.2 Å². The molecule has 4 nitrogen and oxygen atoms in total. The number of carbonyl (C=O) groups excluding carboxylic acids is 1. The van der Waals surface area contributed by atoms with Gasteiger partial charge in [0.2, 0.25) is 0 Å². The molecule has 0 spiro atoms. The van der Waals surface area contributed by atoms with Crippen molar-refractivity contribution in [1.82, 2.24) is 4.98 Å². The lowest BCUT2D eigenvalue weighted by Crippen LogP contribution is -2.03. The zero-order valence-electron chi connectivity index (χ0n) is 7.33. The molecular weight excluding hydrogens is 194 g/mol. The van der Waals surface area contributed by atoms with E-state index in [1.54, 1.807) is 0 Å². The first-order chi connectivity index (χ1) is 6.60. The third-order valence-electron chi connectivity index (χ3n) is 1.58. The van der Waals surface area contributed by atoms with E-state index in [0.717, 1.165) is 0 Å². The predicted octanol–water partition coefficient (Wildman–Crippen LogP) is 1.42. The van der Waals surface area contributed by atoms with Crippen LogP contribution in [0.3, 0.4) is 0 Å². The number of pyridine rings is 1. The van der Waals surface area contributed by atoms with Crippen LogP contribution in [0.4, 0.5) is 14.5 Å². The van der Waals surface area contributed by atoms with Gasteiger partial charge >= 0.3 is 0 Å². The summed E-state index contributed by atoms with van der Waals surface area (Å²) >= 11 is 0. The highest BCUT2D eigenvalue weighted by Gasteiger charge is 2.19. The summed E-state index contributed by atoms with van der Waals surface area (Å²) in [5.74, 6) is -0.189. The molecule has 6 heteroatoms. The lowest BCUT2D eigenvalue weighted by atomic mass is 10.2. The number of carbonyl (C=O) groups is 1. The van der Waals surface area contributed by atoms with Crippen LogP contribution >= 0.6 is 0 Å². The van der Waals surface area contributed by atoms with Crippen molar-refractivity contribution in [1.29, 1.82) is 0 Å². The van der Waals surface area contributed by atoms with Gasteiger partial charge in [0.1, 0.15) is 5.69 Å². The van der Waals surface area contributed by atoms with Crippen LogP contribution in [0.25, 0.3) is 0 Å². The third-order valence-corrected chi connectivity index (χ3v) is 1.58. The van der Waals surface area contributed by atoms with Gasteiger partial charge in [-0.1, -0.05) is 0 Å². The van der Waals surface area contributed by atoms with Crippen molar-refractivity contribution in [3.8, 4) is 5.75 Å². The van der Waals surface area contributed by atoms with Crippen molar-refractivity contribution in [3.05, 3.63) is 17.5 Å². The van der Waals surface area contributed by atoms with Gasteiger partial charge in [-0.25, -0.2) is 13.8 Å². The zero-order valence-corrected chi connectivity index (χ0v) is 7.33. The Bertz CT molecular complexity index is 355. The van der Waals surface area contributed by atoms with Crippen LogP contribution < -0.4 is 10.5 Å². The summed E-state index contributed by atoms with van der Waals surface area (Å²) in [5, 5.41) is 0. The Balaban J connectivity index is 3.35. The lowest BCUT2D eigenvalue weighted by molar-refractivity contribution is 0.111. The number of anilines is 1. The molecule has 1 aromatic heterocycles. The Morgan fingerprint density at radius 2 is 2.29 bits per heavy atom. The van der Waals surface area contributed by atoms with Crippen molar-refractivity contribution in [2.24, 2.45) is 0 Å². The molecule has 0 unspecified atom stereocenters. The largest absolute Gasteiger partial charge is 0.492 e. The maximum atomic E-state index is 12.4. The number of aldehydes is 1. The van der Waals surface area contributed by atoms with Crippen LogP contribution in [0.1, 0.15) is 22.6 Å². The first-order valence-corrected chi connectivity index (χ1v) is 3.68. The van der Waals surface area contributed by atoms with E-state index in [-0.39, 0.29) is 17.1 Å². The maximum absolute atomic E-state index is 12.4. The van der Waals surface area contributed by atoms with Gasteiger partial charge in [-0.2, -0.15) is 0 Å². The summed E-state index contributed by atoms with van der Waals surface area (Å²) in [6.07, 6.45) is -2.48. The molecule has 0 aromatic carbocycles. The minimum atomic E-state index is -2.83. The highest BCUT2D eigenvalue weighted by atomic mass is 19.3. The second-order valence-corrected chi connectivity index (χ2v) is 2.47. The van der Waals surface area contributed by atoms with Crippen LogP contribution in [-0.4, -0.2) is 18.4 Å². The first-order valence-electron chi connectivity index (χ1n) is 3.68. The Labute approximate surface area is 78.7 Å². The molecule has 76 valence electrons. The van der Waals surface area contributed by atoms with E-state index in [9.17, 15) is 13.6 Å². The molecule has 2 N–H and O–H groups in total. The zero-order chi connectivity index (χ0) is 10.7. The number of rotatable bonds is 3. The number of nitrogens with two attached hydrogens (primary N) is 1. The molecule has 0 amide bonds. The van der Waals surface area contributed by atoms with Crippen LogP contribution in [0.15, 0.2) is 6.07 Å². The van der Waals surface area contributed by atoms with E-state index >= 15 is 0 Å². The van der Waals surface area contributed by atoms with Crippen LogP contribution in [0.5, 0.6) is 5.75 Å². The fraction of sp³-hybridized carbons (Fsp3) is 0.250. The smallest absolute Gasteiger partial charge is 0.284 e. The SMILES string of the molecule is COc1c(N)cc(C=O)nc1C(F)F. The fourth-order valence-electron chi connectivity index (χ4n) is 1.03. The average molecular weight is 202 g/mol. The number of aromatic nitrogens is 1. The monoisotopic (exact) mass is 202 g/mol. The molecule has 0 bridgehead atoms. The summed E-state index contributed by atoms with van der Waals surface area (Å²) in [7, 11) is 1.21. The molecule has 0 atom stereocenters. The van der Waals surface area contributed by atoms with Gasteiger partial charge in [-0.15, -0.1) is 0 Å². The van der Waals surface area contributed by atoms with Crippen molar-refractivity contribution in [2.45, 2.75) is 6.43 Å². The third kappa shape index (κ3) is 1.78. The number of alkyl halides is 2. The highest BCUT2D eigenvalue weighted by molar-refractivity contribution is 5.75. The van der Waals surface area contributed by atoms with E-state index in [1.807, 2.05) is 0 Å². The molecular formula is C8H8F2N2O2. The van der Waals surface area contributed by atoms with Gasteiger partial charge in [0.25, 0.3) is 6.43 Å². The highest BCUT2D eigenvalue weighted by Crippen LogP contribution is 2.32. The van der Waals surface area contributed by atoms with E-state index in [0.29, 0.717) is 6.29 Å². The van der Waals surface area contributed by atoms with E-state index in [4.69, 9.17) is 5.73 Å². The Hall–Kier alpha value is -1.72. The molecule has 1 rings (SSSR count). The minimum Gasteiger partial charge on any atom is -0.492 e. The number of hydrogen-bond acceptors (Lipinski definition) is 4. The molecule has 0 aliphatic heterocycles.